The van der Waals surface area contributed by atoms with E-state index in [2.05, 4.69) is 15.9 Å². The lowest BCUT2D eigenvalue weighted by atomic mass is 10.0. The van der Waals surface area contributed by atoms with Crippen molar-refractivity contribution in [3.63, 3.8) is 0 Å². The van der Waals surface area contributed by atoms with Crippen molar-refractivity contribution >= 4 is 28.3 Å². The van der Waals surface area contributed by atoms with E-state index in [0.29, 0.717) is 0 Å². The first-order valence-electron chi connectivity index (χ1n) is 5.48. The summed E-state index contributed by atoms with van der Waals surface area (Å²) in [4.78, 5) is 0. The van der Waals surface area contributed by atoms with Crippen LogP contribution in [0.4, 0.5) is 0 Å². The molecule has 0 radical (unpaired) electrons. The lowest BCUT2D eigenvalue weighted by molar-refractivity contribution is 0.411. The van der Waals surface area contributed by atoms with Crippen molar-refractivity contribution in [3.8, 4) is 5.75 Å². The number of ether oxygens (including phenoxy) is 1. The number of benzene rings is 1. The number of methoxy groups -OCH3 is 1. The zero-order valence-electron chi connectivity index (χ0n) is 9.99. The maximum absolute atomic E-state index is 6.09. The molecule has 5 heteroatoms. The van der Waals surface area contributed by atoms with E-state index in [9.17, 15) is 0 Å². The Morgan fingerprint density at radius 2 is 2.06 bits per heavy atom. The van der Waals surface area contributed by atoms with Crippen molar-refractivity contribution in [3.05, 3.63) is 28.2 Å². The van der Waals surface area contributed by atoms with Crippen LogP contribution in [0.2, 0.25) is 0 Å². The molecule has 1 aromatic carbocycles. The topological polar surface area (TPSA) is 61.3 Å². The molecule has 0 heterocycles. The van der Waals surface area contributed by atoms with Gasteiger partial charge in [-0.15, -0.1) is 12.4 Å². The Kier molecular flexibility index (Phi) is 8.60. The second-order valence-electron chi connectivity index (χ2n) is 3.78. The van der Waals surface area contributed by atoms with Crippen molar-refractivity contribution in [1.29, 1.82) is 0 Å². The predicted molar refractivity (Wildman–Crippen MR) is 77.8 cm³/mol. The van der Waals surface area contributed by atoms with Gasteiger partial charge in [0, 0.05) is 6.04 Å². The third-order valence-corrected chi connectivity index (χ3v) is 3.19. The van der Waals surface area contributed by atoms with E-state index in [0.717, 1.165) is 41.6 Å². The van der Waals surface area contributed by atoms with Gasteiger partial charge in [0.1, 0.15) is 5.75 Å². The molecule has 1 rings (SSSR count). The lowest BCUT2D eigenvalue weighted by Gasteiger charge is -2.13. The molecule has 98 valence electrons. The highest BCUT2D eigenvalue weighted by molar-refractivity contribution is 9.10. The fourth-order valence-electron chi connectivity index (χ4n) is 1.59. The van der Waals surface area contributed by atoms with E-state index in [1.54, 1.807) is 7.11 Å². The summed E-state index contributed by atoms with van der Waals surface area (Å²) in [6.07, 6.45) is 3.07. The molecule has 0 fully saturated rings. The maximum Gasteiger partial charge on any atom is 0.133 e. The molecular weight excluding hydrogens is 304 g/mol. The fraction of sp³-hybridized carbons (Fsp3) is 0.500. The Balaban J connectivity index is 0.00000256. The van der Waals surface area contributed by atoms with Crippen molar-refractivity contribution in [2.24, 2.45) is 11.5 Å². The normalized spacial score (nSPS) is 11.8. The van der Waals surface area contributed by atoms with Gasteiger partial charge in [-0.1, -0.05) is 12.5 Å². The minimum absolute atomic E-state index is 0. The predicted octanol–water partition coefficient (Wildman–Crippen LogP) is 3.01. The number of hydrogen-bond donors (Lipinski definition) is 2. The summed E-state index contributed by atoms with van der Waals surface area (Å²) in [6.45, 7) is 0.735. The molecular formula is C12H20BrClN2O. The molecule has 3 nitrogen and oxygen atoms in total. The Hall–Kier alpha value is -0.290. The maximum atomic E-state index is 6.09. The van der Waals surface area contributed by atoms with E-state index < -0.39 is 0 Å². The van der Waals surface area contributed by atoms with Crippen LogP contribution in [-0.2, 0) is 0 Å². The molecule has 17 heavy (non-hydrogen) atoms. The number of hydrogen-bond acceptors (Lipinski definition) is 3. The summed E-state index contributed by atoms with van der Waals surface area (Å²) in [5.41, 5.74) is 12.7. The average Bonchev–Trinajstić information content (AvgIpc) is 2.29. The highest BCUT2D eigenvalue weighted by atomic mass is 79.9. The fourth-order valence-corrected chi connectivity index (χ4v) is 2.15. The van der Waals surface area contributed by atoms with E-state index >= 15 is 0 Å². The van der Waals surface area contributed by atoms with Gasteiger partial charge in [-0.05, 0) is 53.0 Å². The van der Waals surface area contributed by atoms with Crippen LogP contribution < -0.4 is 16.2 Å². The first-order chi connectivity index (χ1) is 7.69. The van der Waals surface area contributed by atoms with Crippen LogP contribution in [0.15, 0.2) is 22.7 Å². The molecule has 0 aromatic heterocycles. The zero-order chi connectivity index (χ0) is 12.0. The van der Waals surface area contributed by atoms with Gasteiger partial charge in [0.05, 0.1) is 11.6 Å². The van der Waals surface area contributed by atoms with Crippen LogP contribution in [-0.4, -0.2) is 13.7 Å². The third-order valence-electron chi connectivity index (χ3n) is 2.57. The van der Waals surface area contributed by atoms with Gasteiger partial charge in [-0.3, -0.25) is 0 Å². The molecule has 0 saturated carbocycles. The molecule has 4 N–H and O–H groups in total. The molecule has 0 saturated heterocycles. The van der Waals surface area contributed by atoms with Gasteiger partial charge in [0.15, 0.2) is 0 Å². The van der Waals surface area contributed by atoms with Crippen molar-refractivity contribution < 1.29 is 4.74 Å². The van der Waals surface area contributed by atoms with E-state index in [4.69, 9.17) is 16.2 Å². The van der Waals surface area contributed by atoms with Crippen LogP contribution in [0.25, 0.3) is 0 Å². The van der Waals surface area contributed by atoms with E-state index in [-0.39, 0.29) is 18.4 Å². The smallest absolute Gasteiger partial charge is 0.133 e. The van der Waals surface area contributed by atoms with Crippen LogP contribution >= 0.6 is 28.3 Å². The molecule has 0 bridgehead atoms. The number of unbranched alkanes of at least 4 members (excludes halogenated alkanes) is 1. The number of halogens is 2. The second-order valence-corrected chi connectivity index (χ2v) is 4.64. The minimum Gasteiger partial charge on any atom is -0.496 e. The first-order valence-corrected chi connectivity index (χ1v) is 6.27. The number of rotatable bonds is 6. The third kappa shape index (κ3) is 5.25. The van der Waals surface area contributed by atoms with E-state index in [1.165, 1.54) is 0 Å². The first kappa shape index (κ1) is 16.7. The minimum atomic E-state index is 0. The monoisotopic (exact) mass is 322 g/mol. The average molecular weight is 324 g/mol. The lowest BCUT2D eigenvalue weighted by Crippen LogP contribution is -2.11. The summed E-state index contributed by atoms with van der Waals surface area (Å²) >= 11 is 3.46. The highest BCUT2D eigenvalue weighted by Gasteiger charge is 2.08. The van der Waals surface area contributed by atoms with Gasteiger partial charge in [0.2, 0.25) is 0 Å². The Morgan fingerprint density at radius 3 is 2.59 bits per heavy atom. The van der Waals surface area contributed by atoms with Crippen LogP contribution in [0.5, 0.6) is 5.75 Å². The quantitative estimate of drug-likeness (QED) is 0.791. The number of nitrogens with two attached hydrogens (primary N) is 2. The van der Waals surface area contributed by atoms with Crippen LogP contribution in [0.1, 0.15) is 30.9 Å². The van der Waals surface area contributed by atoms with Crippen molar-refractivity contribution in [2.75, 3.05) is 13.7 Å². The molecule has 0 aliphatic carbocycles. The summed E-state index contributed by atoms with van der Waals surface area (Å²) in [5, 5.41) is 0. The summed E-state index contributed by atoms with van der Waals surface area (Å²) < 4.78 is 6.12. The van der Waals surface area contributed by atoms with Crippen LogP contribution in [0, 0.1) is 0 Å². The molecule has 0 aliphatic heterocycles. The van der Waals surface area contributed by atoms with E-state index in [1.807, 2.05) is 18.2 Å². The van der Waals surface area contributed by atoms with Crippen molar-refractivity contribution in [2.45, 2.75) is 25.3 Å². The molecule has 0 unspecified atom stereocenters. The van der Waals surface area contributed by atoms with Gasteiger partial charge in [0.25, 0.3) is 0 Å². The standard InChI is InChI=1S/C12H19BrN2O.ClH/c1-16-12-6-5-9(8-10(12)13)11(15)4-2-3-7-14;/h5-6,8,11H,2-4,7,14-15H2,1H3;1H/t11-;/m1./s1. The highest BCUT2D eigenvalue weighted by Crippen LogP contribution is 2.28. The summed E-state index contributed by atoms with van der Waals surface area (Å²) in [7, 11) is 1.65. The summed E-state index contributed by atoms with van der Waals surface area (Å²) in [5.74, 6) is 0.831. The SMILES string of the molecule is COc1ccc([C@H](N)CCCCN)cc1Br.Cl. The Morgan fingerprint density at radius 1 is 1.35 bits per heavy atom. The molecule has 0 spiro atoms. The largest absolute Gasteiger partial charge is 0.496 e. The molecule has 1 atom stereocenters. The Bertz CT molecular complexity index is 336. The van der Waals surface area contributed by atoms with Gasteiger partial charge >= 0.3 is 0 Å². The van der Waals surface area contributed by atoms with Gasteiger partial charge in [-0.2, -0.15) is 0 Å². The molecule has 0 aliphatic rings. The molecule has 1 aromatic rings. The Labute approximate surface area is 117 Å². The zero-order valence-corrected chi connectivity index (χ0v) is 12.4. The van der Waals surface area contributed by atoms with Crippen molar-refractivity contribution in [1.82, 2.24) is 0 Å². The van der Waals surface area contributed by atoms with Gasteiger partial charge < -0.3 is 16.2 Å². The second kappa shape index (κ2) is 8.75. The summed E-state index contributed by atoms with van der Waals surface area (Å²) in [6, 6.07) is 6.04. The van der Waals surface area contributed by atoms with Gasteiger partial charge in [-0.25, -0.2) is 0 Å². The molecule has 0 amide bonds. The van der Waals surface area contributed by atoms with Crippen LogP contribution in [0.3, 0.4) is 0 Å².